The zero-order valence-corrected chi connectivity index (χ0v) is 17.5. The molecule has 4 N–H and O–H groups in total. The summed E-state index contributed by atoms with van der Waals surface area (Å²) in [4.78, 5) is 29.3. The summed E-state index contributed by atoms with van der Waals surface area (Å²) in [5.74, 6) is 0.0465. The number of fused-ring (bicyclic) bond motifs is 1. The van der Waals surface area contributed by atoms with Crippen LogP contribution in [0.1, 0.15) is 38.3 Å². The van der Waals surface area contributed by atoms with E-state index >= 15 is 0 Å². The second-order valence-electron chi connectivity index (χ2n) is 6.48. The van der Waals surface area contributed by atoms with Gasteiger partial charge in [0.2, 0.25) is 10.9 Å². The Kier molecular flexibility index (Phi) is 7.08. The number of carbonyl (C=O) groups excluding carboxylic acids is 1. The first-order chi connectivity index (χ1) is 14.1. The summed E-state index contributed by atoms with van der Waals surface area (Å²) in [7, 11) is 0. The molecule has 29 heavy (non-hydrogen) atoms. The molecule has 3 heterocycles. The van der Waals surface area contributed by atoms with Gasteiger partial charge in [0.1, 0.15) is 5.01 Å². The number of nitrogens with zero attached hydrogens (tertiary/aromatic N) is 3. The van der Waals surface area contributed by atoms with Crippen LogP contribution in [-0.4, -0.2) is 40.1 Å². The van der Waals surface area contributed by atoms with Crippen LogP contribution in [0.3, 0.4) is 0 Å². The van der Waals surface area contributed by atoms with Crippen molar-refractivity contribution in [1.29, 1.82) is 0 Å². The van der Waals surface area contributed by atoms with Crippen molar-refractivity contribution in [2.45, 2.75) is 32.6 Å². The lowest BCUT2D eigenvalue weighted by atomic mass is 9.94. The molecular weight excluding hydrogens is 388 g/mol. The molecule has 0 radical (unpaired) electrons. The zero-order chi connectivity index (χ0) is 20.8. The standard InChI is InChI=1S/C18H20N6O2S.C2H6/c19-10-15(25)21-13-3-1-2-12(8-13)17-23-24-16(26)9-14(22-18(24)27-17)11-4-6-20-7-5-11;1-2/h1-3,8-9,11,20H,4-7,10,19H2,(H,21,25);1-2H3. The minimum Gasteiger partial charge on any atom is -0.325 e. The molecular formula is C20H26N6O2S. The molecule has 0 aliphatic carbocycles. The second kappa shape index (κ2) is 9.73. The first-order valence-electron chi connectivity index (χ1n) is 9.86. The Bertz CT molecular complexity index is 1040. The maximum atomic E-state index is 12.5. The van der Waals surface area contributed by atoms with Gasteiger partial charge in [-0.15, -0.1) is 0 Å². The Morgan fingerprint density at radius 3 is 2.79 bits per heavy atom. The van der Waals surface area contributed by atoms with Gasteiger partial charge in [0, 0.05) is 23.2 Å². The van der Waals surface area contributed by atoms with Crippen molar-refractivity contribution in [3.8, 4) is 10.6 Å². The molecule has 1 aliphatic rings. The molecule has 2 aromatic heterocycles. The molecule has 0 bridgehead atoms. The summed E-state index contributed by atoms with van der Waals surface area (Å²) in [6.07, 6.45) is 1.97. The van der Waals surface area contributed by atoms with Crippen LogP contribution in [0.15, 0.2) is 35.1 Å². The Labute approximate surface area is 173 Å². The summed E-state index contributed by atoms with van der Waals surface area (Å²) in [6.45, 7) is 5.81. The number of benzene rings is 1. The van der Waals surface area contributed by atoms with E-state index in [0.29, 0.717) is 21.6 Å². The maximum Gasteiger partial charge on any atom is 0.275 e. The largest absolute Gasteiger partial charge is 0.325 e. The van der Waals surface area contributed by atoms with Gasteiger partial charge in [0.05, 0.1) is 12.2 Å². The molecule has 154 valence electrons. The van der Waals surface area contributed by atoms with E-state index < -0.39 is 0 Å². The lowest BCUT2D eigenvalue weighted by molar-refractivity contribution is -0.114. The van der Waals surface area contributed by atoms with E-state index in [-0.39, 0.29) is 18.0 Å². The quantitative estimate of drug-likeness (QED) is 0.603. The lowest BCUT2D eigenvalue weighted by Crippen LogP contribution is -2.28. The van der Waals surface area contributed by atoms with Crippen LogP contribution < -0.4 is 21.9 Å². The Morgan fingerprint density at radius 2 is 2.07 bits per heavy atom. The summed E-state index contributed by atoms with van der Waals surface area (Å²) in [6, 6.07) is 8.90. The number of hydrogen-bond acceptors (Lipinski definition) is 7. The van der Waals surface area contributed by atoms with Crippen LogP contribution in [-0.2, 0) is 4.79 Å². The average Bonchev–Trinajstić information content (AvgIpc) is 3.21. The predicted octanol–water partition coefficient (Wildman–Crippen LogP) is 2.21. The van der Waals surface area contributed by atoms with Gasteiger partial charge in [-0.05, 0) is 38.1 Å². The molecule has 3 aromatic rings. The van der Waals surface area contributed by atoms with Crippen LogP contribution in [0.4, 0.5) is 5.69 Å². The minimum atomic E-state index is -0.263. The highest BCUT2D eigenvalue weighted by molar-refractivity contribution is 7.19. The summed E-state index contributed by atoms with van der Waals surface area (Å²) >= 11 is 1.36. The molecule has 0 spiro atoms. The van der Waals surface area contributed by atoms with Gasteiger partial charge < -0.3 is 16.4 Å². The number of nitrogens with two attached hydrogens (primary N) is 1. The molecule has 0 saturated carbocycles. The van der Waals surface area contributed by atoms with E-state index in [2.05, 4.69) is 15.7 Å². The number of piperidine rings is 1. The first kappa shape index (κ1) is 21.1. The number of carbonyl (C=O) groups is 1. The third-order valence-electron chi connectivity index (χ3n) is 4.60. The van der Waals surface area contributed by atoms with Crippen LogP contribution in [0.25, 0.3) is 15.5 Å². The Hall–Kier alpha value is -2.62. The van der Waals surface area contributed by atoms with Crippen molar-refractivity contribution < 1.29 is 4.79 Å². The molecule has 1 fully saturated rings. The molecule has 1 aliphatic heterocycles. The second-order valence-corrected chi connectivity index (χ2v) is 7.43. The maximum absolute atomic E-state index is 12.5. The fourth-order valence-corrected chi connectivity index (χ4v) is 4.12. The highest BCUT2D eigenvalue weighted by Crippen LogP contribution is 2.28. The molecule has 1 aromatic carbocycles. The van der Waals surface area contributed by atoms with Crippen LogP contribution in [0.5, 0.6) is 0 Å². The molecule has 9 heteroatoms. The molecule has 0 atom stereocenters. The van der Waals surface area contributed by atoms with Gasteiger partial charge >= 0.3 is 0 Å². The fourth-order valence-electron chi connectivity index (χ4n) is 3.21. The normalized spacial score (nSPS) is 14.3. The highest BCUT2D eigenvalue weighted by Gasteiger charge is 2.19. The Morgan fingerprint density at radius 1 is 1.31 bits per heavy atom. The van der Waals surface area contributed by atoms with Crippen molar-refractivity contribution in [3.05, 3.63) is 46.4 Å². The number of amides is 1. The van der Waals surface area contributed by atoms with E-state index in [1.807, 2.05) is 32.0 Å². The predicted molar refractivity (Wildman–Crippen MR) is 116 cm³/mol. The smallest absolute Gasteiger partial charge is 0.275 e. The Balaban J connectivity index is 0.00000117. The monoisotopic (exact) mass is 414 g/mol. The van der Waals surface area contributed by atoms with E-state index in [1.54, 1.807) is 12.1 Å². The van der Waals surface area contributed by atoms with Crippen LogP contribution in [0, 0.1) is 0 Å². The number of nitrogens with one attached hydrogen (secondary N) is 2. The van der Waals surface area contributed by atoms with E-state index in [1.165, 1.54) is 15.9 Å². The lowest BCUT2D eigenvalue weighted by Gasteiger charge is -2.21. The number of rotatable bonds is 4. The highest BCUT2D eigenvalue weighted by atomic mass is 32.1. The van der Waals surface area contributed by atoms with Gasteiger partial charge in [-0.3, -0.25) is 9.59 Å². The third kappa shape index (κ3) is 4.87. The van der Waals surface area contributed by atoms with E-state index in [0.717, 1.165) is 37.2 Å². The fraction of sp³-hybridized carbons (Fsp3) is 0.400. The third-order valence-corrected chi connectivity index (χ3v) is 5.56. The minimum absolute atomic E-state index is 0.0792. The first-order valence-corrected chi connectivity index (χ1v) is 10.7. The molecule has 1 saturated heterocycles. The van der Waals surface area contributed by atoms with Crippen LogP contribution >= 0.6 is 11.3 Å². The van der Waals surface area contributed by atoms with E-state index in [9.17, 15) is 9.59 Å². The van der Waals surface area contributed by atoms with Crippen molar-refractivity contribution in [3.63, 3.8) is 0 Å². The number of hydrogen-bond donors (Lipinski definition) is 3. The molecule has 8 nitrogen and oxygen atoms in total. The SMILES string of the molecule is CC.NCC(=O)Nc1cccc(-c2nn3c(=O)cc(C4CCNCC4)nc3s2)c1. The molecule has 1 amide bonds. The van der Waals surface area contributed by atoms with Gasteiger partial charge in [-0.1, -0.05) is 37.3 Å². The van der Waals surface area contributed by atoms with Gasteiger partial charge in [0.25, 0.3) is 5.56 Å². The van der Waals surface area contributed by atoms with E-state index in [4.69, 9.17) is 10.7 Å². The molecule has 0 unspecified atom stereocenters. The van der Waals surface area contributed by atoms with Crippen LogP contribution in [0.2, 0.25) is 0 Å². The summed E-state index contributed by atoms with van der Waals surface area (Å²) in [5, 5.41) is 11.1. The summed E-state index contributed by atoms with van der Waals surface area (Å²) < 4.78 is 1.34. The van der Waals surface area contributed by atoms with Crippen molar-refractivity contribution in [1.82, 2.24) is 19.9 Å². The topological polar surface area (TPSA) is 114 Å². The van der Waals surface area contributed by atoms with Crippen molar-refractivity contribution in [2.24, 2.45) is 5.73 Å². The van der Waals surface area contributed by atoms with Crippen molar-refractivity contribution >= 4 is 27.9 Å². The van der Waals surface area contributed by atoms with Gasteiger partial charge in [-0.2, -0.15) is 9.61 Å². The number of aromatic nitrogens is 3. The summed E-state index contributed by atoms with van der Waals surface area (Å²) in [5.41, 5.74) is 7.47. The number of anilines is 1. The average molecular weight is 415 g/mol. The van der Waals surface area contributed by atoms with Crippen molar-refractivity contribution in [2.75, 3.05) is 25.0 Å². The van der Waals surface area contributed by atoms with Gasteiger partial charge in [-0.25, -0.2) is 4.98 Å². The molecule has 4 rings (SSSR count). The zero-order valence-electron chi connectivity index (χ0n) is 16.6. The van der Waals surface area contributed by atoms with Gasteiger partial charge in [0.15, 0.2) is 0 Å².